The Morgan fingerprint density at radius 2 is 1.56 bits per heavy atom. The molecule has 0 radical (unpaired) electrons. The molecule has 3 aliphatic carbocycles. The van der Waals surface area contributed by atoms with Gasteiger partial charge < -0.3 is 20.5 Å². The number of nitrogens with one attached hydrogen (secondary N) is 2. The van der Waals surface area contributed by atoms with Gasteiger partial charge in [0.15, 0.2) is 0 Å². The third kappa shape index (κ3) is 4.93. The van der Waals surface area contributed by atoms with Gasteiger partial charge in [0.05, 0.1) is 0 Å². The Balaban J connectivity index is 1.17. The zero-order chi connectivity index (χ0) is 23.7. The van der Waals surface area contributed by atoms with Gasteiger partial charge >= 0.3 is 12.1 Å². The summed E-state index contributed by atoms with van der Waals surface area (Å²) >= 11 is 0. The van der Waals surface area contributed by atoms with E-state index in [-0.39, 0.29) is 36.8 Å². The van der Waals surface area contributed by atoms with E-state index in [1.54, 1.807) is 0 Å². The first-order valence-electron chi connectivity index (χ1n) is 12.1. The first-order chi connectivity index (χ1) is 16.5. The molecule has 1 unspecified atom stereocenters. The molecule has 0 heterocycles. The lowest BCUT2D eigenvalue weighted by molar-refractivity contribution is -0.139. The molecule has 178 valence electrons. The van der Waals surface area contributed by atoms with Crippen molar-refractivity contribution in [3.05, 3.63) is 59.7 Å². The number of fused-ring (bicyclic) bond motifs is 3. The highest BCUT2D eigenvalue weighted by Crippen LogP contribution is 2.44. The lowest BCUT2D eigenvalue weighted by Gasteiger charge is -2.35. The summed E-state index contributed by atoms with van der Waals surface area (Å²) in [6.07, 6.45) is 3.62. The van der Waals surface area contributed by atoms with Crippen LogP contribution in [-0.4, -0.2) is 41.8 Å². The minimum absolute atomic E-state index is 0.0251. The minimum Gasteiger partial charge on any atom is -0.481 e. The molecule has 0 aliphatic heterocycles. The molecule has 3 N–H and O–H groups in total. The normalized spacial score (nSPS) is 21.5. The Morgan fingerprint density at radius 1 is 0.941 bits per heavy atom. The van der Waals surface area contributed by atoms with Crippen molar-refractivity contribution in [2.75, 3.05) is 6.61 Å². The highest BCUT2D eigenvalue weighted by atomic mass is 16.5. The maximum absolute atomic E-state index is 12.9. The van der Waals surface area contributed by atoms with E-state index in [0.717, 1.165) is 24.0 Å². The second-order valence-corrected chi connectivity index (χ2v) is 9.84. The Morgan fingerprint density at radius 3 is 2.15 bits per heavy atom. The van der Waals surface area contributed by atoms with Crippen LogP contribution in [0.1, 0.15) is 55.6 Å². The van der Waals surface area contributed by atoms with E-state index in [9.17, 15) is 14.4 Å². The summed E-state index contributed by atoms with van der Waals surface area (Å²) < 4.78 is 5.63. The van der Waals surface area contributed by atoms with E-state index < -0.39 is 18.1 Å². The summed E-state index contributed by atoms with van der Waals surface area (Å²) in [6, 6.07) is 15.7. The number of carboxylic acid groups (broad SMARTS) is 1. The number of carbonyl (C=O) groups excluding carboxylic acids is 2. The van der Waals surface area contributed by atoms with Crippen LogP contribution < -0.4 is 10.6 Å². The molecule has 7 nitrogen and oxygen atoms in total. The zero-order valence-corrected chi connectivity index (χ0v) is 19.0. The molecule has 2 amide bonds. The van der Waals surface area contributed by atoms with E-state index >= 15 is 0 Å². The van der Waals surface area contributed by atoms with Gasteiger partial charge in [-0.3, -0.25) is 9.59 Å². The van der Waals surface area contributed by atoms with Gasteiger partial charge in [0.25, 0.3) is 0 Å². The Bertz CT molecular complexity index is 1040. The second kappa shape index (κ2) is 9.49. The second-order valence-electron chi connectivity index (χ2n) is 9.84. The Hall–Kier alpha value is -3.35. The van der Waals surface area contributed by atoms with E-state index in [0.29, 0.717) is 25.2 Å². The van der Waals surface area contributed by atoms with Crippen LogP contribution >= 0.6 is 0 Å². The molecule has 0 spiro atoms. The van der Waals surface area contributed by atoms with Crippen molar-refractivity contribution in [1.82, 2.24) is 10.6 Å². The van der Waals surface area contributed by atoms with Crippen molar-refractivity contribution in [2.24, 2.45) is 11.8 Å². The van der Waals surface area contributed by atoms with Gasteiger partial charge in [-0.1, -0.05) is 61.4 Å². The zero-order valence-electron chi connectivity index (χ0n) is 19.0. The van der Waals surface area contributed by atoms with Crippen LogP contribution in [0, 0.1) is 11.8 Å². The predicted octanol–water partition coefficient (Wildman–Crippen LogP) is 4.06. The van der Waals surface area contributed by atoms with E-state index in [1.807, 2.05) is 24.3 Å². The monoisotopic (exact) mass is 462 g/mol. The summed E-state index contributed by atoms with van der Waals surface area (Å²) in [5.41, 5.74) is 4.62. The number of benzene rings is 2. The largest absolute Gasteiger partial charge is 0.481 e. The first kappa shape index (κ1) is 22.4. The van der Waals surface area contributed by atoms with Gasteiger partial charge in [-0.2, -0.15) is 0 Å². The number of aliphatic carboxylic acids is 1. The molecule has 2 aromatic rings. The number of carboxylic acids is 1. The van der Waals surface area contributed by atoms with Crippen LogP contribution in [-0.2, 0) is 14.3 Å². The maximum Gasteiger partial charge on any atom is 0.407 e. The van der Waals surface area contributed by atoms with Crippen molar-refractivity contribution in [1.29, 1.82) is 0 Å². The summed E-state index contributed by atoms with van der Waals surface area (Å²) in [5, 5.41) is 14.7. The fourth-order valence-electron chi connectivity index (χ4n) is 5.27. The molecule has 2 fully saturated rings. The SMILES string of the molecule is O=C(O)CC1CC(NC(=O)C(CC2CC2)NC(=O)OCC2c3ccccc3-c3ccccc32)C1. The van der Waals surface area contributed by atoms with Crippen molar-refractivity contribution in [3.8, 4) is 11.1 Å². The number of alkyl carbamates (subject to hydrolysis) is 1. The number of amides is 2. The molecule has 7 heteroatoms. The molecule has 2 aromatic carbocycles. The fraction of sp³-hybridized carbons (Fsp3) is 0.444. The van der Waals surface area contributed by atoms with E-state index in [4.69, 9.17) is 9.84 Å². The lowest BCUT2D eigenvalue weighted by atomic mass is 9.78. The highest BCUT2D eigenvalue weighted by Gasteiger charge is 2.36. The third-order valence-corrected chi connectivity index (χ3v) is 7.26. The van der Waals surface area contributed by atoms with Gasteiger partial charge in [-0.15, -0.1) is 0 Å². The lowest BCUT2D eigenvalue weighted by Crippen LogP contribution is -2.53. The molecule has 2 saturated carbocycles. The molecule has 3 aliphatic rings. The standard InChI is InChI=1S/C27H30N2O5/c30-25(31)14-17-11-18(12-17)28-26(32)24(13-16-9-10-16)29-27(33)34-15-23-21-7-3-1-5-19(21)20-6-2-4-8-22(20)23/h1-8,16-18,23-24H,9-15H2,(H,28,32)(H,29,33)(H,30,31). The predicted molar refractivity (Wildman–Crippen MR) is 126 cm³/mol. The Labute approximate surface area is 198 Å². The molecule has 5 rings (SSSR count). The van der Waals surface area contributed by atoms with Crippen molar-refractivity contribution < 1.29 is 24.2 Å². The maximum atomic E-state index is 12.9. The third-order valence-electron chi connectivity index (χ3n) is 7.26. The minimum atomic E-state index is -0.807. The molecular formula is C27H30N2O5. The Kier molecular flexibility index (Phi) is 6.26. The van der Waals surface area contributed by atoms with E-state index in [2.05, 4.69) is 34.9 Å². The fourth-order valence-corrected chi connectivity index (χ4v) is 5.27. The number of hydrogen-bond donors (Lipinski definition) is 3. The number of hydrogen-bond acceptors (Lipinski definition) is 4. The average molecular weight is 463 g/mol. The van der Waals surface area contributed by atoms with Crippen LogP contribution in [0.5, 0.6) is 0 Å². The molecule has 34 heavy (non-hydrogen) atoms. The van der Waals surface area contributed by atoms with Gasteiger partial charge in [-0.05, 0) is 53.4 Å². The first-order valence-corrected chi connectivity index (χ1v) is 12.1. The summed E-state index contributed by atoms with van der Waals surface area (Å²) in [6.45, 7) is 0.205. The smallest absolute Gasteiger partial charge is 0.407 e. The van der Waals surface area contributed by atoms with Gasteiger partial charge in [0.1, 0.15) is 12.6 Å². The summed E-state index contributed by atoms with van der Waals surface area (Å²) in [7, 11) is 0. The van der Waals surface area contributed by atoms with Crippen LogP contribution in [0.15, 0.2) is 48.5 Å². The van der Waals surface area contributed by atoms with Crippen molar-refractivity contribution >= 4 is 18.0 Å². The quantitative estimate of drug-likeness (QED) is 0.521. The van der Waals surface area contributed by atoms with Gasteiger partial charge in [0.2, 0.25) is 5.91 Å². The van der Waals surface area contributed by atoms with Crippen molar-refractivity contribution in [3.63, 3.8) is 0 Å². The number of rotatable bonds is 9. The van der Waals surface area contributed by atoms with Gasteiger partial charge in [0, 0.05) is 18.4 Å². The van der Waals surface area contributed by atoms with Gasteiger partial charge in [-0.25, -0.2) is 4.79 Å². The number of ether oxygens (including phenoxy) is 1. The molecule has 0 aromatic heterocycles. The summed E-state index contributed by atoms with van der Waals surface area (Å²) in [4.78, 5) is 36.4. The molecule has 0 saturated heterocycles. The average Bonchev–Trinajstić information content (AvgIpc) is 3.56. The molecule has 1 atom stereocenters. The van der Waals surface area contributed by atoms with E-state index in [1.165, 1.54) is 11.1 Å². The van der Waals surface area contributed by atoms with Crippen LogP contribution in [0.3, 0.4) is 0 Å². The number of carbonyl (C=O) groups is 3. The highest BCUT2D eigenvalue weighted by molar-refractivity contribution is 5.86. The molecular weight excluding hydrogens is 432 g/mol. The van der Waals surface area contributed by atoms with Crippen LogP contribution in [0.4, 0.5) is 4.79 Å². The summed E-state index contributed by atoms with van der Waals surface area (Å²) in [5.74, 6) is -0.488. The topological polar surface area (TPSA) is 105 Å². The molecule has 0 bridgehead atoms. The van der Waals surface area contributed by atoms with Crippen LogP contribution in [0.25, 0.3) is 11.1 Å². The van der Waals surface area contributed by atoms with Crippen LogP contribution in [0.2, 0.25) is 0 Å². The van der Waals surface area contributed by atoms with Crippen molar-refractivity contribution in [2.45, 2.75) is 56.5 Å².